The topological polar surface area (TPSA) is 41.1 Å². The van der Waals surface area contributed by atoms with Crippen LogP contribution in [0.1, 0.15) is 51.9 Å². The molecule has 0 unspecified atom stereocenters. The molecule has 0 saturated heterocycles. The predicted molar refractivity (Wildman–Crippen MR) is 95.6 cm³/mol. The van der Waals surface area contributed by atoms with E-state index in [1.165, 1.54) is 44.9 Å². The minimum Gasteiger partial charge on any atom is -0.324 e. The van der Waals surface area contributed by atoms with Crippen molar-refractivity contribution >= 4 is 23.4 Å². The number of carbonyl (C=O) groups excluding carboxylic acids is 1. The highest BCUT2D eigenvalue weighted by Crippen LogP contribution is 2.24. The summed E-state index contributed by atoms with van der Waals surface area (Å²) in [5.74, 6) is 0.0589. The number of nitrogens with one attached hydrogen (secondary N) is 2. The maximum atomic E-state index is 12.4. The van der Waals surface area contributed by atoms with Crippen molar-refractivity contribution in [2.24, 2.45) is 0 Å². The molecule has 0 aromatic heterocycles. The highest BCUT2D eigenvalue weighted by molar-refractivity contribution is 7.98. The van der Waals surface area contributed by atoms with Crippen molar-refractivity contribution in [3.05, 3.63) is 24.3 Å². The number of carbonyl (C=O) groups is 1. The summed E-state index contributed by atoms with van der Waals surface area (Å²) in [4.78, 5) is 13.5. The summed E-state index contributed by atoms with van der Waals surface area (Å²) in [6, 6.07) is 8.29. The largest absolute Gasteiger partial charge is 0.324 e. The fourth-order valence-electron chi connectivity index (χ4n) is 3.04. The molecule has 0 spiro atoms. The summed E-state index contributed by atoms with van der Waals surface area (Å²) in [5, 5.41) is 6.58. The van der Waals surface area contributed by atoms with E-state index < -0.39 is 0 Å². The van der Waals surface area contributed by atoms with Crippen molar-refractivity contribution < 1.29 is 4.79 Å². The van der Waals surface area contributed by atoms with Crippen molar-refractivity contribution in [1.29, 1.82) is 0 Å². The van der Waals surface area contributed by atoms with Gasteiger partial charge in [-0.15, -0.1) is 11.8 Å². The molecule has 1 fully saturated rings. The van der Waals surface area contributed by atoms with Crippen molar-refractivity contribution in [2.45, 2.75) is 68.8 Å². The van der Waals surface area contributed by atoms with Crippen LogP contribution in [0.3, 0.4) is 0 Å². The zero-order chi connectivity index (χ0) is 15.8. The third-order valence-corrected chi connectivity index (χ3v) is 5.14. The second-order valence-electron chi connectivity index (χ2n) is 6.12. The molecule has 1 atom stereocenters. The molecule has 2 rings (SSSR count). The average Bonchev–Trinajstić information content (AvgIpc) is 2.50. The molecular weight excluding hydrogens is 292 g/mol. The number of anilines is 1. The summed E-state index contributed by atoms with van der Waals surface area (Å²) >= 11 is 1.65. The average molecular weight is 321 g/mol. The maximum Gasteiger partial charge on any atom is 0.241 e. The Bertz CT molecular complexity index is 470. The van der Waals surface area contributed by atoms with Crippen molar-refractivity contribution in [1.82, 2.24) is 5.32 Å². The van der Waals surface area contributed by atoms with Crippen LogP contribution >= 0.6 is 11.8 Å². The van der Waals surface area contributed by atoms with E-state index >= 15 is 0 Å². The highest BCUT2D eigenvalue weighted by Gasteiger charge is 2.19. The number of thioether (sulfide) groups is 1. The molecule has 0 bridgehead atoms. The number of rotatable bonds is 5. The van der Waals surface area contributed by atoms with Gasteiger partial charge < -0.3 is 10.6 Å². The van der Waals surface area contributed by atoms with Crippen molar-refractivity contribution in [3.8, 4) is 0 Å². The minimum absolute atomic E-state index is 0.0589. The second kappa shape index (κ2) is 9.21. The third-order valence-electron chi connectivity index (χ3n) is 4.35. The zero-order valence-electron chi connectivity index (χ0n) is 13.7. The van der Waals surface area contributed by atoms with E-state index in [0.29, 0.717) is 6.04 Å². The molecular formula is C18H28N2OS. The highest BCUT2D eigenvalue weighted by atomic mass is 32.2. The lowest BCUT2D eigenvalue weighted by atomic mass is 9.96. The summed E-state index contributed by atoms with van der Waals surface area (Å²) in [6.45, 7) is 1.97. The Morgan fingerprint density at radius 3 is 2.45 bits per heavy atom. The lowest BCUT2D eigenvalue weighted by Crippen LogP contribution is -2.44. The number of hydrogen-bond acceptors (Lipinski definition) is 3. The number of para-hydroxylation sites is 1. The Balaban J connectivity index is 1.88. The first-order valence-corrected chi connectivity index (χ1v) is 9.63. The van der Waals surface area contributed by atoms with E-state index in [9.17, 15) is 4.79 Å². The molecule has 1 aromatic rings. The molecule has 4 heteroatoms. The number of amides is 1. The smallest absolute Gasteiger partial charge is 0.241 e. The SMILES string of the molecule is CSc1ccccc1NC(=O)[C@H](C)NC1CCCCCCC1. The van der Waals surface area contributed by atoms with Gasteiger partial charge in [0.1, 0.15) is 0 Å². The van der Waals surface area contributed by atoms with E-state index in [1.807, 2.05) is 37.4 Å². The first-order chi connectivity index (χ1) is 10.7. The fourth-order valence-corrected chi connectivity index (χ4v) is 3.59. The van der Waals surface area contributed by atoms with Crippen molar-refractivity contribution in [2.75, 3.05) is 11.6 Å². The first-order valence-electron chi connectivity index (χ1n) is 8.40. The van der Waals surface area contributed by atoms with Gasteiger partial charge in [0, 0.05) is 10.9 Å². The minimum atomic E-state index is -0.153. The van der Waals surface area contributed by atoms with Gasteiger partial charge in [0.2, 0.25) is 5.91 Å². The van der Waals surface area contributed by atoms with Gasteiger partial charge in [0.05, 0.1) is 11.7 Å². The van der Waals surface area contributed by atoms with Gasteiger partial charge >= 0.3 is 0 Å². The third kappa shape index (κ3) is 5.33. The summed E-state index contributed by atoms with van der Waals surface area (Å²) in [7, 11) is 0. The van der Waals surface area contributed by atoms with E-state index in [4.69, 9.17) is 0 Å². The fraction of sp³-hybridized carbons (Fsp3) is 0.611. The first kappa shape index (κ1) is 17.4. The Kier molecular flexibility index (Phi) is 7.26. The Morgan fingerprint density at radius 1 is 1.14 bits per heavy atom. The van der Waals surface area contributed by atoms with E-state index in [-0.39, 0.29) is 11.9 Å². The van der Waals surface area contributed by atoms with E-state index in [1.54, 1.807) is 11.8 Å². The van der Waals surface area contributed by atoms with Crippen LogP contribution in [0.4, 0.5) is 5.69 Å². The molecule has 122 valence electrons. The van der Waals surface area contributed by atoms with Gasteiger partial charge in [0.15, 0.2) is 0 Å². The number of hydrogen-bond donors (Lipinski definition) is 2. The standard InChI is InChI=1S/C18H28N2OS/c1-14(19-15-10-6-4-3-5-7-11-15)18(21)20-16-12-8-9-13-17(16)22-2/h8-9,12-15,19H,3-7,10-11H2,1-2H3,(H,20,21)/t14-/m0/s1. The lowest BCUT2D eigenvalue weighted by Gasteiger charge is -2.25. The summed E-state index contributed by atoms with van der Waals surface area (Å²) in [6.07, 6.45) is 11.0. The quantitative estimate of drug-likeness (QED) is 0.788. The summed E-state index contributed by atoms with van der Waals surface area (Å²) in [5.41, 5.74) is 0.909. The lowest BCUT2D eigenvalue weighted by molar-refractivity contribution is -0.118. The van der Waals surface area contributed by atoms with Gasteiger partial charge in [-0.2, -0.15) is 0 Å². The monoisotopic (exact) mass is 320 g/mol. The molecule has 0 aliphatic heterocycles. The van der Waals surface area contributed by atoms with Crippen LogP contribution < -0.4 is 10.6 Å². The molecule has 0 heterocycles. The van der Waals surface area contributed by atoms with E-state index in [2.05, 4.69) is 10.6 Å². The van der Waals surface area contributed by atoms with Gasteiger partial charge in [-0.05, 0) is 38.2 Å². The van der Waals surface area contributed by atoms with Gasteiger partial charge in [-0.25, -0.2) is 0 Å². The van der Waals surface area contributed by atoms with Gasteiger partial charge in [-0.1, -0.05) is 44.2 Å². The van der Waals surface area contributed by atoms with Crippen LogP contribution in [-0.2, 0) is 4.79 Å². The Labute approximate surface area is 138 Å². The molecule has 2 N–H and O–H groups in total. The molecule has 22 heavy (non-hydrogen) atoms. The molecule has 1 aromatic carbocycles. The van der Waals surface area contributed by atoms with Crippen LogP contribution in [0, 0.1) is 0 Å². The Morgan fingerprint density at radius 2 is 1.77 bits per heavy atom. The van der Waals surface area contributed by atoms with Crippen LogP contribution in [0.15, 0.2) is 29.2 Å². The molecule has 1 aliphatic carbocycles. The maximum absolute atomic E-state index is 12.4. The second-order valence-corrected chi connectivity index (χ2v) is 6.97. The normalized spacial score (nSPS) is 18.3. The zero-order valence-corrected chi connectivity index (χ0v) is 14.5. The molecule has 3 nitrogen and oxygen atoms in total. The molecule has 0 radical (unpaired) electrons. The van der Waals surface area contributed by atoms with Crippen LogP contribution in [0.2, 0.25) is 0 Å². The summed E-state index contributed by atoms with van der Waals surface area (Å²) < 4.78 is 0. The van der Waals surface area contributed by atoms with Crippen LogP contribution in [0.25, 0.3) is 0 Å². The number of benzene rings is 1. The molecule has 1 amide bonds. The molecule has 1 saturated carbocycles. The molecule has 1 aliphatic rings. The van der Waals surface area contributed by atoms with Gasteiger partial charge in [0.25, 0.3) is 0 Å². The van der Waals surface area contributed by atoms with Crippen molar-refractivity contribution in [3.63, 3.8) is 0 Å². The Hall–Kier alpha value is -1.00. The van der Waals surface area contributed by atoms with Crippen LogP contribution in [0.5, 0.6) is 0 Å². The van der Waals surface area contributed by atoms with E-state index in [0.717, 1.165) is 10.6 Å². The van der Waals surface area contributed by atoms with Gasteiger partial charge in [-0.3, -0.25) is 4.79 Å². The van der Waals surface area contributed by atoms with Crippen LogP contribution in [-0.4, -0.2) is 24.2 Å². The predicted octanol–water partition coefficient (Wildman–Crippen LogP) is 4.44.